The molecule has 0 atom stereocenters. The standard InChI is InChI=1S/C27H35N3O3/c1-20-15-16-21(2)30(20)25-14-9-12-23(28-25)11-6-7-17-29(26(32)33-27(3,4)5)19-22-10-8-13-24(31)18-22/h8-10,12-16,18,31H,6-7,11,17,19H2,1-5H3. The Bertz CT molecular complexity index is 1060. The Balaban J connectivity index is 1.61. The third-order valence-electron chi connectivity index (χ3n) is 5.34. The number of amides is 1. The summed E-state index contributed by atoms with van der Waals surface area (Å²) in [5.74, 6) is 1.13. The van der Waals surface area contributed by atoms with Crippen molar-refractivity contribution in [2.75, 3.05) is 6.54 Å². The summed E-state index contributed by atoms with van der Waals surface area (Å²) in [4.78, 5) is 19.3. The number of ether oxygens (including phenoxy) is 1. The zero-order valence-corrected chi connectivity index (χ0v) is 20.3. The molecule has 0 saturated carbocycles. The molecule has 3 rings (SSSR count). The van der Waals surface area contributed by atoms with Gasteiger partial charge in [0.05, 0.1) is 0 Å². The van der Waals surface area contributed by atoms with Gasteiger partial charge in [0.2, 0.25) is 0 Å². The number of carbonyl (C=O) groups excluding carboxylic acids is 1. The number of aromatic hydroxyl groups is 1. The lowest BCUT2D eigenvalue weighted by Crippen LogP contribution is -2.37. The molecule has 0 radical (unpaired) electrons. The van der Waals surface area contributed by atoms with Gasteiger partial charge in [-0.25, -0.2) is 9.78 Å². The molecule has 1 N–H and O–H groups in total. The third kappa shape index (κ3) is 7.11. The predicted octanol–water partition coefficient (Wildman–Crippen LogP) is 5.95. The van der Waals surface area contributed by atoms with Crippen molar-refractivity contribution in [2.24, 2.45) is 0 Å². The first kappa shape index (κ1) is 24.4. The molecular weight excluding hydrogens is 414 g/mol. The van der Waals surface area contributed by atoms with E-state index in [-0.39, 0.29) is 11.8 Å². The molecular formula is C27H35N3O3. The number of phenols is 1. The Morgan fingerprint density at radius 1 is 1.03 bits per heavy atom. The molecule has 1 aromatic carbocycles. The van der Waals surface area contributed by atoms with Crippen molar-refractivity contribution in [3.8, 4) is 11.6 Å². The first-order valence-electron chi connectivity index (χ1n) is 11.5. The van der Waals surface area contributed by atoms with Crippen LogP contribution in [0, 0.1) is 13.8 Å². The van der Waals surface area contributed by atoms with Gasteiger partial charge in [-0.05, 0) is 95.8 Å². The molecule has 2 aromatic heterocycles. The van der Waals surface area contributed by atoms with Crippen molar-refractivity contribution in [2.45, 2.75) is 66.0 Å². The van der Waals surface area contributed by atoms with Crippen LogP contribution in [0.5, 0.6) is 5.75 Å². The first-order chi connectivity index (χ1) is 15.6. The van der Waals surface area contributed by atoms with Crippen LogP contribution in [0.15, 0.2) is 54.6 Å². The number of benzene rings is 1. The van der Waals surface area contributed by atoms with Gasteiger partial charge in [0, 0.05) is 30.2 Å². The van der Waals surface area contributed by atoms with E-state index in [0.29, 0.717) is 13.1 Å². The van der Waals surface area contributed by atoms with Gasteiger partial charge in [0.25, 0.3) is 0 Å². The largest absolute Gasteiger partial charge is 0.508 e. The fraction of sp³-hybridized carbons (Fsp3) is 0.407. The second-order valence-electron chi connectivity index (χ2n) is 9.47. The van der Waals surface area contributed by atoms with Gasteiger partial charge >= 0.3 is 6.09 Å². The van der Waals surface area contributed by atoms with Gasteiger partial charge in [-0.3, -0.25) is 0 Å². The molecule has 2 heterocycles. The molecule has 0 fully saturated rings. The summed E-state index contributed by atoms with van der Waals surface area (Å²) in [6.45, 7) is 10.7. The highest BCUT2D eigenvalue weighted by Crippen LogP contribution is 2.18. The maximum atomic E-state index is 12.8. The second-order valence-corrected chi connectivity index (χ2v) is 9.47. The highest BCUT2D eigenvalue weighted by Gasteiger charge is 2.22. The lowest BCUT2D eigenvalue weighted by Gasteiger charge is -2.27. The summed E-state index contributed by atoms with van der Waals surface area (Å²) < 4.78 is 7.76. The fourth-order valence-electron chi connectivity index (χ4n) is 3.81. The fourth-order valence-corrected chi connectivity index (χ4v) is 3.81. The molecule has 0 bridgehead atoms. The van der Waals surface area contributed by atoms with Crippen LogP contribution < -0.4 is 0 Å². The average Bonchev–Trinajstić information content (AvgIpc) is 3.07. The number of aromatic nitrogens is 2. The Hall–Kier alpha value is -3.28. The number of hydrogen-bond acceptors (Lipinski definition) is 4. The summed E-state index contributed by atoms with van der Waals surface area (Å²) in [6, 6.07) is 17.3. The molecule has 0 aliphatic rings. The monoisotopic (exact) mass is 449 g/mol. The van der Waals surface area contributed by atoms with Gasteiger partial charge in [0.1, 0.15) is 17.2 Å². The summed E-state index contributed by atoms with van der Waals surface area (Å²) in [6.07, 6.45) is 2.22. The van der Waals surface area contributed by atoms with E-state index in [1.807, 2.05) is 39.0 Å². The number of hydrogen-bond donors (Lipinski definition) is 1. The van der Waals surface area contributed by atoms with Crippen molar-refractivity contribution in [1.82, 2.24) is 14.5 Å². The van der Waals surface area contributed by atoms with E-state index in [4.69, 9.17) is 9.72 Å². The minimum atomic E-state index is -0.562. The van der Waals surface area contributed by atoms with Crippen LogP contribution in [0.1, 0.15) is 56.3 Å². The first-order valence-corrected chi connectivity index (χ1v) is 11.5. The van der Waals surface area contributed by atoms with Crippen LogP contribution in [0.2, 0.25) is 0 Å². The van der Waals surface area contributed by atoms with Crippen LogP contribution in [0.4, 0.5) is 4.79 Å². The van der Waals surface area contributed by atoms with Crippen LogP contribution in [0.25, 0.3) is 5.82 Å². The van der Waals surface area contributed by atoms with E-state index >= 15 is 0 Å². The lowest BCUT2D eigenvalue weighted by molar-refractivity contribution is 0.0230. The molecule has 176 valence electrons. The van der Waals surface area contributed by atoms with E-state index in [9.17, 15) is 9.90 Å². The quantitative estimate of drug-likeness (QED) is 0.431. The minimum absolute atomic E-state index is 0.191. The van der Waals surface area contributed by atoms with E-state index in [1.165, 1.54) is 0 Å². The summed E-state index contributed by atoms with van der Waals surface area (Å²) in [5.41, 5.74) is 3.67. The minimum Gasteiger partial charge on any atom is -0.508 e. The molecule has 33 heavy (non-hydrogen) atoms. The average molecular weight is 450 g/mol. The second kappa shape index (κ2) is 10.6. The lowest BCUT2D eigenvalue weighted by atomic mass is 10.1. The third-order valence-corrected chi connectivity index (χ3v) is 5.34. The molecule has 0 spiro atoms. The van der Waals surface area contributed by atoms with Crippen molar-refractivity contribution < 1.29 is 14.6 Å². The van der Waals surface area contributed by atoms with E-state index in [1.54, 1.807) is 23.1 Å². The van der Waals surface area contributed by atoms with Crippen LogP contribution in [-0.2, 0) is 17.7 Å². The van der Waals surface area contributed by atoms with Crippen LogP contribution in [0.3, 0.4) is 0 Å². The van der Waals surface area contributed by atoms with Crippen molar-refractivity contribution in [3.05, 3.63) is 77.2 Å². The van der Waals surface area contributed by atoms with Gasteiger partial charge in [0.15, 0.2) is 0 Å². The smallest absolute Gasteiger partial charge is 0.410 e. The van der Waals surface area contributed by atoms with Gasteiger partial charge in [-0.15, -0.1) is 0 Å². The van der Waals surface area contributed by atoms with Crippen molar-refractivity contribution in [3.63, 3.8) is 0 Å². The molecule has 6 nitrogen and oxygen atoms in total. The highest BCUT2D eigenvalue weighted by molar-refractivity contribution is 5.68. The Morgan fingerprint density at radius 3 is 2.39 bits per heavy atom. The zero-order chi connectivity index (χ0) is 24.0. The topological polar surface area (TPSA) is 67.6 Å². The number of aryl methyl sites for hydroxylation is 3. The summed E-state index contributed by atoms with van der Waals surface area (Å²) >= 11 is 0. The van der Waals surface area contributed by atoms with Crippen LogP contribution >= 0.6 is 0 Å². The number of pyridine rings is 1. The molecule has 0 saturated heterocycles. The van der Waals surface area contributed by atoms with E-state index in [2.05, 4.69) is 36.6 Å². The maximum absolute atomic E-state index is 12.8. The van der Waals surface area contributed by atoms with Crippen molar-refractivity contribution in [1.29, 1.82) is 0 Å². The molecule has 1 amide bonds. The maximum Gasteiger partial charge on any atom is 0.410 e. The summed E-state index contributed by atoms with van der Waals surface area (Å²) in [5, 5.41) is 9.77. The van der Waals surface area contributed by atoms with Gasteiger partial charge in [-0.2, -0.15) is 0 Å². The van der Waals surface area contributed by atoms with E-state index < -0.39 is 5.60 Å². The molecule has 0 unspecified atom stereocenters. The van der Waals surface area contributed by atoms with Gasteiger partial charge < -0.3 is 19.3 Å². The number of phenolic OH excluding ortho intramolecular Hbond substituents is 1. The van der Waals surface area contributed by atoms with Crippen LogP contribution in [-0.4, -0.2) is 37.8 Å². The number of unbranched alkanes of at least 4 members (excludes halogenated alkanes) is 1. The molecule has 0 aliphatic carbocycles. The summed E-state index contributed by atoms with van der Waals surface area (Å²) in [7, 11) is 0. The Labute approximate surface area is 196 Å². The highest BCUT2D eigenvalue weighted by atomic mass is 16.6. The molecule has 3 aromatic rings. The Kier molecular flexibility index (Phi) is 7.79. The SMILES string of the molecule is Cc1ccc(C)n1-c1cccc(CCCCN(Cc2cccc(O)c2)C(=O)OC(C)(C)C)n1. The molecule has 6 heteroatoms. The zero-order valence-electron chi connectivity index (χ0n) is 20.3. The van der Waals surface area contributed by atoms with Crippen molar-refractivity contribution >= 4 is 6.09 Å². The number of rotatable bonds is 8. The number of nitrogens with zero attached hydrogens (tertiary/aromatic N) is 3. The van der Waals surface area contributed by atoms with Gasteiger partial charge in [-0.1, -0.05) is 18.2 Å². The molecule has 0 aliphatic heterocycles. The van der Waals surface area contributed by atoms with E-state index in [0.717, 1.165) is 47.7 Å². The Morgan fingerprint density at radius 2 is 1.73 bits per heavy atom. The predicted molar refractivity (Wildman–Crippen MR) is 131 cm³/mol. The normalized spacial score (nSPS) is 11.4. The number of carbonyl (C=O) groups is 1.